The molecule has 4 rings (SSSR count). The molecule has 0 spiro atoms. The molecule has 2 aromatic rings. The number of hydrogen-bond acceptors (Lipinski definition) is 5. The van der Waals surface area contributed by atoms with Crippen LogP contribution in [-0.4, -0.2) is 56.4 Å². The van der Waals surface area contributed by atoms with Gasteiger partial charge in [-0.15, -0.1) is 0 Å². The molecule has 7 heteroatoms. The Labute approximate surface area is 176 Å². The third-order valence-electron chi connectivity index (χ3n) is 5.57. The second-order valence-electron chi connectivity index (χ2n) is 7.68. The molecular formula is C23H27FN4O2. The van der Waals surface area contributed by atoms with Crippen LogP contribution in [0.1, 0.15) is 23.5 Å². The lowest BCUT2D eigenvalue weighted by Gasteiger charge is -2.26. The molecule has 1 atom stereocenters. The minimum Gasteiger partial charge on any atom is -0.383 e. The number of amides is 1. The van der Waals surface area contributed by atoms with Crippen molar-refractivity contribution in [2.24, 2.45) is 4.99 Å². The molecule has 158 valence electrons. The number of nitrogens with zero attached hydrogens (tertiary/aromatic N) is 2. The van der Waals surface area contributed by atoms with Crippen LogP contribution in [0.5, 0.6) is 0 Å². The fourth-order valence-corrected chi connectivity index (χ4v) is 3.93. The molecule has 30 heavy (non-hydrogen) atoms. The second-order valence-corrected chi connectivity index (χ2v) is 7.68. The van der Waals surface area contributed by atoms with Crippen molar-refractivity contribution in [2.75, 3.05) is 50.0 Å². The third kappa shape index (κ3) is 4.68. The van der Waals surface area contributed by atoms with Crippen LogP contribution in [0.3, 0.4) is 0 Å². The van der Waals surface area contributed by atoms with Crippen LogP contribution in [0.15, 0.2) is 41.4 Å². The SMILES string of the molecule is Cc1cccc2c1C(C=Nc1ccc(NCCCN3CCOCC3)c(F)c1)C(=O)N2. The van der Waals surface area contributed by atoms with Gasteiger partial charge in [-0.1, -0.05) is 12.1 Å². The predicted molar refractivity (Wildman–Crippen MR) is 117 cm³/mol. The van der Waals surface area contributed by atoms with E-state index in [0.29, 0.717) is 17.9 Å². The summed E-state index contributed by atoms with van der Waals surface area (Å²) in [4.78, 5) is 19.0. The Hall–Kier alpha value is -2.77. The van der Waals surface area contributed by atoms with Gasteiger partial charge in [0.2, 0.25) is 5.91 Å². The minimum absolute atomic E-state index is 0.109. The molecule has 0 aliphatic carbocycles. The number of carbonyl (C=O) groups excluding carboxylic acids is 1. The van der Waals surface area contributed by atoms with Gasteiger partial charge in [0.15, 0.2) is 0 Å². The maximum absolute atomic E-state index is 14.5. The lowest BCUT2D eigenvalue weighted by Crippen LogP contribution is -2.37. The van der Waals surface area contributed by atoms with E-state index in [0.717, 1.165) is 56.1 Å². The second kappa shape index (κ2) is 9.36. The number of hydrogen-bond donors (Lipinski definition) is 2. The zero-order valence-corrected chi connectivity index (χ0v) is 17.2. The first-order valence-electron chi connectivity index (χ1n) is 10.4. The van der Waals surface area contributed by atoms with Gasteiger partial charge in [-0.25, -0.2) is 4.39 Å². The van der Waals surface area contributed by atoms with Gasteiger partial charge >= 0.3 is 0 Å². The summed E-state index contributed by atoms with van der Waals surface area (Å²) in [5.74, 6) is -0.909. The average Bonchev–Trinajstić information content (AvgIpc) is 3.08. The number of ether oxygens (including phenoxy) is 1. The highest BCUT2D eigenvalue weighted by Crippen LogP contribution is 2.34. The molecule has 0 radical (unpaired) electrons. The molecule has 6 nitrogen and oxygen atoms in total. The van der Waals surface area contributed by atoms with Crippen molar-refractivity contribution in [2.45, 2.75) is 19.3 Å². The molecule has 0 saturated carbocycles. The molecule has 2 aliphatic rings. The van der Waals surface area contributed by atoms with E-state index in [1.807, 2.05) is 25.1 Å². The van der Waals surface area contributed by atoms with Gasteiger partial charge in [0, 0.05) is 37.6 Å². The number of benzene rings is 2. The molecule has 1 fully saturated rings. The standard InChI is InChI=1S/C23H27FN4O2/c1-16-4-2-5-21-22(16)18(23(29)27-21)15-26-17-6-7-20(19(24)14-17)25-8-3-9-28-10-12-30-13-11-28/h2,4-7,14-15,18,25H,3,8-13H2,1H3,(H,27,29). The Balaban J connectivity index is 1.34. The van der Waals surface area contributed by atoms with Crippen molar-refractivity contribution in [1.29, 1.82) is 0 Å². The van der Waals surface area contributed by atoms with Gasteiger partial charge in [-0.05, 0) is 49.2 Å². The van der Waals surface area contributed by atoms with Crippen LogP contribution in [0, 0.1) is 12.7 Å². The van der Waals surface area contributed by atoms with E-state index in [1.165, 1.54) is 6.07 Å². The van der Waals surface area contributed by atoms with Crippen molar-refractivity contribution in [1.82, 2.24) is 4.90 Å². The number of morpholine rings is 1. The highest BCUT2D eigenvalue weighted by atomic mass is 19.1. The van der Waals surface area contributed by atoms with Gasteiger partial charge in [-0.2, -0.15) is 0 Å². The number of fused-ring (bicyclic) bond motifs is 1. The van der Waals surface area contributed by atoms with E-state index in [2.05, 4.69) is 20.5 Å². The number of nitrogens with one attached hydrogen (secondary N) is 2. The van der Waals surface area contributed by atoms with E-state index >= 15 is 0 Å². The van der Waals surface area contributed by atoms with Gasteiger partial charge < -0.3 is 15.4 Å². The van der Waals surface area contributed by atoms with Crippen LogP contribution in [-0.2, 0) is 9.53 Å². The van der Waals surface area contributed by atoms with Crippen molar-refractivity contribution in [3.8, 4) is 0 Å². The van der Waals surface area contributed by atoms with Crippen molar-refractivity contribution >= 4 is 29.2 Å². The maximum atomic E-state index is 14.5. The molecule has 1 unspecified atom stereocenters. The Morgan fingerprint density at radius 2 is 2.13 bits per heavy atom. The van der Waals surface area contributed by atoms with E-state index in [9.17, 15) is 9.18 Å². The summed E-state index contributed by atoms with van der Waals surface area (Å²) in [5, 5.41) is 6.03. The molecule has 2 aromatic carbocycles. The number of aryl methyl sites for hydroxylation is 1. The van der Waals surface area contributed by atoms with Crippen molar-refractivity contribution in [3.05, 3.63) is 53.3 Å². The lowest BCUT2D eigenvalue weighted by molar-refractivity contribution is -0.115. The molecule has 0 aromatic heterocycles. The monoisotopic (exact) mass is 410 g/mol. The number of rotatable bonds is 7. The summed E-state index contributed by atoms with van der Waals surface area (Å²) in [6, 6.07) is 10.6. The maximum Gasteiger partial charge on any atom is 0.237 e. The quantitative estimate of drug-likeness (QED) is 0.540. The van der Waals surface area contributed by atoms with E-state index < -0.39 is 5.92 Å². The summed E-state index contributed by atoms with van der Waals surface area (Å²) in [5.41, 5.74) is 3.74. The average molecular weight is 410 g/mol. The largest absolute Gasteiger partial charge is 0.383 e. The number of carbonyl (C=O) groups is 1. The summed E-state index contributed by atoms with van der Waals surface area (Å²) in [7, 11) is 0. The van der Waals surface area contributed by atoms with Gasteiger partial charge in [0.25, 0.3) is 0 Å². The first-order chi connectivity index (χ1) is 14.6. The molecule has 0 bridgehead atoms. The lowest BCUT2D eigenvalue weighted by atomic mass is 9.97. The topological polar surface area (TPSA) is 66.0 Å². The molecule has 2 aliphatic heterocycles. The summed E-state index contributed by atoms with van der Waals surface area (Å²) < 4.78 is 19.8. The van der Waals surface area contributed by atoms with Crippen LogP contribution in [0.25, 0.3) is 0 Å². The highest BCUT2D eigenvalue weighted by Gasteiger charge is 2.30. The van der Waals surface area contributed by atoms with E-state index in [1.54, 1.807) is 18.3 Å². The Morgan fingerprint density at radius 1 is 1.30 bits per heavy atom. The van der Waals surface area contributed by atoms with Gasteiger partial charge in [-0.3, -0.25) is 14.7 Å². The normalized spacial score (nSPS) is 19.1. The summed E-state index contributed by atoms with van der Waals surface area (Å²) in [6.45, 7) is 7.16. The van der Waals surface area contributed by atoms with Crippen molar-refractivity contribution in [3.63, 3.8) is 0 Å². The predicted octanol–water partition coefficient (Wildman–Crippen LogP) is 3.71. The highest BCUT2D eigenvalue weighted by molar-refractivity contribution is 6.13. The molecule has 1 amide bonds. The Kier molecular flexibility index (Phi) is 6.40. The van der Waals surface area contributed by atoms with Crippen LogP contribution in [0.2, 0.25) is 0 Å². The van der Waals surface area contributed by atoms with Crippen LogP contribution in [0.4, 0.5) is 21.5 Å². The smallest absolute Gasteiger partial charge is 0.237 e. The van der Waals surface area contributed by atoms with E-state index in [-0.39, 0.29) is 11.7 Å². The van der Waals surface area contributed by atoms with E-state index in [4.69, 9.17) is 4.74 Å². The third-order valence-corrected chi connectivity index (χ3v) is 5.57. The summed E-state index contributed by atoms with van der Waals surface area (Å²) >= 11 is 0. The molecular weight excluding hydrogens is 383 g/mol. The first kappa shape index (κ1) is 20.5. The first-order valence-corrected chi connectivity index (χ1v) is 10.4. The molecule has 2 heterocycles. The fourth-order valence-electron chi connectivity index (χ4n) is 3.93. The van der Waals surface area contributed by atoms with Crippen molar-refractivity contribution < 1.29 is 13.9 Å². The number of halogens is 1. The zero-order chi connectivity index (χ0) is 20.9. The zero-order valence-electron chi connectivity index (χ0n) is 17.2. The number of aliphatic imine (C=N–C) groups is 1. The van der Waals surface area contributed by atoms with Gasteiger partial charge in [0.1, 0.15) is 11.7 Å². The fraction of sp³-hybridized carbons (Fsp3) is 0.391. The number of anilines is 2. The Bertz CT molecular complexity index is 941. The van der Waals surface area contributed by atoms with Crippen LogP contribution >= 0.6 is 0 Å². The summed E-state index contributed by atoms with van der Waals surface area (Å²) in [6.07, 6.45) is 2.53. The molecule has 2 N–H and O–H groups in total. The van der Waals surface area contributed by atoms with Gasteiger partial charge in [0.05, 0.1) is 24.6 Å². The molecule has 1 saturated heterocycles. The Morgan fingerprint density at radius 3 is 2.93 bits per heavy atom. The minimum atomic E-state index is -0.456. The van der Waals surface area contributed by atoms with Crippen LogP contribution < -0.4 is 10.6 Å².